The Morgan fingerprint density at radius 3 is 2.61 bits per heavy atom. The van der Waals surface area contributed by atoms with Gasteiger partial charge in [-0.15, -0.1) is 24.8 Å². The number of nitrogens with two attached hydrogens (primary N) is 1. The van der Waals surface area contributed by atoms with Gasteiger partial charge in [0.2, 0.25) is 0 Å². The van der Waals surface area contributed by atoms with Crippen LogP contribution in [0.4, 0.5) is 0 Å². The summed E-state index contributed by atoms with van der Waals surface area (Å²) in [7, 11) is 0. The molecular weight excluding hydrogens is 463 g/mol. The van der Waals surface area contributed by atoms with E-state index in [9.17, 15) is 19.8 Å². The van der Waals surface area contributed by atoms with Crippen molar-refractivity contribution in [1.82, 2.24) is 5.32 Å². The first-order valence-electron chi connectivity index (χ1n) is 12.3. The summed E-state index contributed by atoms with van der Waals surface area (Å²) in [5, 5.41) is 26.3. The lowest BCUT2D eigenvalue weighted by Gasteiger charge is -2.60. The van der Waals surface area contributed by atoms with Crippen molar-refractivity contribution in [2.75, 3.05) is 19.6 Å². The van der Waals surface area contributed by atoms with Crippen molar-refractivity contribution >= 4 is 36.4 Å². The number of nitrogens with one attached hydrogen (secondary N) is 1. The van der Waals surface area contributed by atoms with Crippen LogP contribution in [0.2, 0.25) is 0 Å². The topological polar surface area (TPSA) is 113 Å². The number of fused-ring (bicyclic) bond motifs is 5. The molecule has 0 unspecified atom stereocenters. The van der Waals surface area contributed by atoms with Gasteiger partial charge >= 0.3 is 0 Å². The monoisotopic (exact) mass is 504 g/mol. The highest BCUT2D eigenvalue weighted by Crippen LogP contribution is 2.67. The average molecular weight is 506 g/mol. The van der Waals surface area contributed by atoms with Crippen molar-refractivity contribution in [2.24, 2.45) is 34.3 Å². The molecule has 4 aliphatic carbocycles. The number of halogens is 2. The first kappa shape index (κ1) is 28.7. The molecule has 6 nitrogen and oxygen atoms in total. The maximum atomic E-state index is 13.2. The number of hydrogen-bond donors (Lipinski definition) is 4. The highest BCUT2D eigenvalue weighted by Gasteiger charge is 2.68. The molecule has 8 heteroatoms. The predicted molar refractivity (Wildman–Crippen MR) is 134 cm³/mol. The van der Waals surface area contributed by atoms with E-state index in [-0.39, 0.29) is 66.1 Å². The average Bonchev–Trinajstić information content (AvgIpc) is 2.99. The van der Waals surface area contributed by atoms with Crippen molar-refractivity contribution in [1.29, 1.82) is 0 Å². The quantitative estimate of drug-likeness (QED) is 0.396. The SMILES string of the molecule is C[C@]12CCC(=O)C=C1CC[C@@H]1[C@@H]2[C@@H](O)C[C@@]2(C)[C@H]1CC[C@]2(O)C(=O)CNCCCCN.Cl.Cl. The largest absolute Gasteiger partial charge is 0.393 e. The Labute approximate surface area is 210 Å². The van der Waals surface area contributed by atoms with Crippen LogP contribution in [0.5, 0.6) is 0 Å². The summed E-state index contributed by atoms with van der Waals surface area (Å²) in [6.45, 7) is 5.79. The van der Waals surface area contributed by atoms with Crippen molar-refractivity contribution in [3.63, 3.8) is 0 Å². The van der Waals surface area contributed by atoms with Crippen LogP contribution < -0.4 is 11.1 Å². The molecule has 4 rings (SSSR count). The molecule has 0 heterocycles. The summed E-state index contributed by atoms with van der Waals surface area (Å²) >= 11 is 0. The number of aliphatic hydroxyl groups is 2. The van der Waals surface area contributed by atoms with E-state index in [0.29, 0.717) is 25.8 Å². The number of Topliss-reactive ketones (excluding diaryl/α,β-unsaturated/α-hetero) is 1. The molecule has 0 aromatic carbocycles. The predicted octanol–water partition coefficient (Wildman–Crippen LogP) is 2.96. The van der Waals surface area contributed by atoms with Gasteiger partial charge in [0.25, 0.3) is 0 Å². The molecule has 0 radical (unpaired) electrons. The molecule has 0 aromatic rings. The molecule has 33 heavy (non-hydrogen) atoms. The summed E-state index contributed by atoms with van der Waals surface area (Å²) in [5.74, 6) is 0.680. The lowest BCUT2D eigenvalue weighted by Crippen LogP contribution is -2.62. The molecule has 0 aliphatic heterocycles. The van der Waals surface area contributed by atoms with E-state index >= 15 is 0 Å². The van der Waals surface area contributed by atoms with Gasteiger partial charge in [-0.1, -0.05) is 19.4 Å². The number of allylic oxidation sites excluding steroid dienone is 1. The molecule has 4 aliphatic rings. The van der Waals surface area contributed by atoms with Crippen LogP contribution in [-0.2, 0) is 9.59 Å². The van der Waals surface area contributed by atoms with Crippen LogP contribution in [0.25, 0.3) is 0 Å². The van der Waals surface area contributed by atoms with E-state index in [1.54, 1.807) is 0 Å². The minimum atomic E-state index is -1.38. The third kappa shape index (κ3) is 4.56. The van der Waals surface area contributed by atoms with Crippen LogP contribution in [0.3, 0.4) is 0 Å². The van der Waals surface area contributed by atoms with Gasteiger partial charge in [0.15, 0.2) is 11.6 Å². The molecule has 3 saturated carbocycles. The van der Waals surface area contributed by atoms with Crippen molar-refractivity contribution in [3.8, 4) is 0 Å². The smallest absolute Gasteiger partial charge is 0.178 e. The van der Waals surface area contributed by atoms with E-state index in [0.717, 1.165) is 45.1 Å². The van der Waals surface area contributed by atoms with E-state index in [1.807, 2.05) is 13.0 Å². The van der Waals surface area contributed by atoms with Crippen LogP contribution in [-0.4, -0.2) is 53.1 Å². The van der Waals surface area contributed by atoms with Gasteiger partial charge in [-0.05, 0) is 93.7 Å². The highest BCUT2D eigenvalue weighted by atomic mass is 35.5. The number of aliphatic hydroxyl groups excluding tert-OH is 1. The Kier molecular flexibility index (Phi) is 9.26. The molecule has 0 saturated heterocycles. The normalized spacial score (nSPS) is 41.6. The maximum Gasteiger partial charge on any atom is 0.178 e. The molecular formula is C25H42Cl2N2O4. The van der Waals surface area contributed by atoms with Crippen LogP contribution >= 0.6 is 24.8 Å². The number of hydrogen-bond acceptors (Lipinski definition) is 6. The lowest BCUT2D eigenvalue weighted by atomic mass is 9.45. The number of ketones is 2. The van der Waals surface area contributed by atoms with Gasteiger partial charge in [0, 0.05) is 11.8 Å². The van der Waals surface area contributed by atoms with Gasteiger partial charge in [-0.3, -0.25) is 9.59 Å². The molecule has 190 valence electrons. The van der Waals surface area contributed by atoms with Gasteiger partial charge in [0.1, 0.15) is 5.60 Å². The van der Waals surface area contributed by atoms with Crippen molar-refractivity contribution in [2.45, 2.75) is 83.3 Å². The van der Waals surface area contributed by atoms with Crippen LogP contribution in [0.1, 0.15) is 71.6 Å². The Bertz CT molecular complexity index is 778. The molecule has 0 bridgehead atoms. The number of rotatable bonds is 7. The fourth-order valence-corrected chi connectivity index (χ4v) is 7.89. The van der Waals surface area contributed by atoms with E-state index in [2.05, 4.69) is 12.2 Å². The number of carbonyl (C=O) groups excluding carboxylic acids is 2. The molecule has 3 fully saturated rings. The minimum absolute atomic E-state index is 0. The Hall–Kier alpha value is -0.500. The van der Waals surface area contributed by atoms with Crippen molar-refractivity contribution in [3.05, 3.63) is 11.6 Å². The fraction of sp³-hybridized carbons (Fsp3) is 0.840. The zero-order valence-corrected chi connectivity index (χ0v) is 21.6. The third-order valence-corrected chi connectivity index (χ3v) is 9.60. The molecule has 5 N–H and O–H groups in total. The molecule has 0 amide bonds. The second kappa shape index (κ2) is 10.6. The van der Waals surface area contributed by atoms with Gasteiger partial charge in [-0.2, -0.15) is 0 Å². The second-order valence-corrected chi connectivity index (χ2v) is 11.1. The Balaban J connectivity index is 0.00000193. The second-order valence-electron chi connectivity index (χ2n) is 11.1. The van der Waals surface area contributed by atoms with Gasteiger partial charge in [-0.25, -0.2) is 0 Å². The van der Waals surface area contributed by atoms with Crippen LogP contribution in [0, 0.1) is 28.6 Å². The Morgan fingerprint density at radius 1 is 1.18 bits per heavy atom. The van der Waals surface area contributed by atoms with E-state index < -0.39 is 17.1 Å². The first-order valence-corrected chi connectivity index (χ1v) is 12.3. The first-order chi connectivity index (χ1) is 14.7. The molecule has 7 atom stereocenters. The lowest BCUT2D eigenvalue weighted by molar-refractivity contribution is -0.180. The van der Waals surface area contributed by atoms with Crippen LogP contribution in [0.15, 0.2) is 11.6 Å². The van der Waals surface area contributed by atoms with Gasteiger partial charge in [0.05, 0.1) is 12.6 Å². The number of carbonyl (C=O) groups is 2. The summed E-state index contributed by atoms with van der Waals surface area (Å²) in [6.07, 6.45) is 8.03. The summed E-state index contributed by atoms with van der Waals surface area (Å²) in [5.41, 5.74) is 4.60. The highest BCUT2D eigenvalue weighted by molar-refractivity contribution is 5.92. The summed E-state index contributed by atoms with van der Waals surface area (Å²) < 4.78 is 0. The van der Waals surface area contributed by atoms with Crippen molar-refractivity contribution < 1.29 is 19.8 Å². The number of unbranched alkanes of at least 4 members (excludes halogenated alkanes) is 1. The minimum Gasteiger partial charge on any atom is -0.393 e. The maximum absolute atomic E-state index is 13.2. The summed E-state index contributed by atoms with van der Waals surface area (Å²) in [4.78, 5) is 25.2. The zero-order valence-electron chi connectivity index (χ0n) is 20.0. The fourth-order valence-electron chi connectivity index (χ4n) is 7.89. The zero-order chi connectivity index (χ0) is 22.4. The van der Waals surface area contributed by atoms with E-state index in [4.69, 9.17) is 5.73 Å². The Morgan fingerprint density at radius 2 is 1.91 bits per heavy atom. The van der Waals surface area contributed by atoms with Gasteiger partial charge < -0.3 is 21.3 Å². The molecule has 0 aromatic heterocycles. The third-order valence-electron chi connectivity index (χ3n) is 9.60. The van der Waals surface area contributed by atoms with E-state index in [1.165, 1.54) is 5.57 Å². The standard InChI is InChI=1S/C25H40N2O4.2ClH/c1-23-9-7-17(28)13-16(23)5-6-18-19-8-10-25(31,21(30)15-27-12-4-3-11-26)24(19,2)14-20(29)22(18)23;;/h13,18-20,22,27,29,31H,3-12,14-15,26H2,1-2H3;2*1H/t18-,19-,20-,22+,23-,24-,25-;;/m0../s1. The molecule has 0 spiro atoms. The summed E-state index contributed by atoms with van der Waals surface area (Å²) in [6, 6.07) is 0.